The first-order valence-corrected chi connectivity index (χ1v) is 7.55. The number of rotatable bonds is 6. The summed E-state index contributed by atoms with van der Waals surface area (Å²) in [7, 11) is 1.61. The van der Waals surface area contributed by atoms with Gasteiger partial charge in [0.15, 0.2) is 11.6 Å². The van der Waals surface area contributed by atoms with Gasteiger partial charge in [0.2, 0.25) is 5.75 Å². The van der Waals surface area contributed by atoms with Crippen molar-refractivity contribution >= 4 is 29.1 Å². The molecule has 0 radical (unpaired) electrons. The summed E-state index contributed by atoms with van der Waals surface area (Å²) < 4.78 is 5.40. The topological polar surface area (TPSA) is 59.1 Å². The Bertz CT molecular complexity index is 577. The zero-order chi connectivity index (χ0) is 14.4. The van der Waals surface area contributed by atoms with Crippen molar-refractivity contribution in [3.8, 4) is 5.75 Å². The quantitative estimate of drug-likeness (QED) is 0.795. The summed E-state index contributed by atoms with van der Waals surface area (Å²) in [4.78, 5) is 9.62. The summed E-state index contributed by atoms with van der Waals surface area (Å²) in [5.74, 6) is 1.95. The molecule has 0 bridgehead atoms. The molecule has 0 spiro atoms. The van der Waals surface area contributed by atoms with Crippen LogP contribution in [0.1, 0.15) is 6.92 Å². The molecule has 0 aliphatic carbocycles. The minimum Gasteiger partial charge on any atom is -0.490 e. The van der Waals surface area contributed by atoms with Crippen molar-refractivity contribution in [3.63, 3.8) is 0 Å². The average Bonchev–Trinajstić information content (AvgIpc) is 2.48. The molecule has 5 nitrogen and oxygen atoms in total. The summed E-state index contributed by atoms with van der Waals surface area (Å²) in [5, 5.41) is 6.42. The molecule has 0 atom stereocenters. The van der Waals surface area contributed by atoms with Gasteiger partial charge in [0, 0.05) is 17.1 Å². The number of anilines is 3. The van der Waals surface area contributed by atoms with Gasteiger partial charge in [-0.15, -0.1) is 11.8 Å². The Morgan fingerprint density at radius 2 is 2.05 bits per heavy atom. The molecule has 1 aromatic carbocycles. The fourth-order valence-corrected chi connectivity index (χ4v) is 2.25. The normalized spacial score (nSPS) is 10.2. The maximum absolute atomic E-state index is 5.40. The number of ether oxygens (including phenoxy) is 1. The number of aromatic nitrogens is 2. The molecule has 0 saturated heterocycles. The predicted molar refractivity (Wildman–Crippen MR) is 84.3 cm³/mol. The molecule has 0 unspecified atom stereocenters. The standard InChI is InChI=1S/C14H18N4OS/c1-4-15-13-12(19-2)14(17-9-16-13)18-10-6-5-7-11(8-10)20-3/h5-9H,4H2,1-3H3,(H2,15,16,17,18). The first-order valence-electron chi connectivity index (χ1n) is 6.32. The zero-order valence-corrected chi connectivity index (χ0v) is 12.6. The van der Waals surface area contributed by atoms with E-state index in [0.29, 0.717) is 17.4 Å². The van der Waals surface area contributed by atoms with Crippen molar-refractivity contribution in [3.05, 3.63) is 30.6 Å². The highest BCUT2D eigenvalue weighted by atomic mass is 32.2. The van der Waals surface area contributed by atoms with E-state index >= 15 is 0 Å². The molecule has 0 fully saturated rings. The summed E-state index contributed by atoms with van der Waals surface area (Å²) in [6, 6.07) is 8.14. The molecule has 0 saturated carbocycles. The average molecular weight is 290 g/mol. The first kappa shape index (κ1) is 14.5. The maximum atomic E-state index is 5.40. The minimum atomic E-state index is 0.615. The number of hydrogen-bond acceptors (Lipinski definition) is 6. The smallest absolute Gasteiger partial charge is 0.204 e. The third kappa shape index (κ3) is 3.33. The van der Waals surface area contributed by atoms with Gasteiger partial charge in [0.05, 0.1) is 7.11 Å². The van der Waals surface area contributed by atoms with Crippen LogP contribution < -0.4 is 15.4 Å². The molecule has 0 aliphatic rings. The van der Waals surface area contributed by atoms with Crippen molar-refractivity contribution in [1.82, 2.24) is 9.97 Å². The molecule has 2 aromatic rings. The molecule has 1 aromatic heterocycles. The number of benzene rings is 1. The van der Waals surface area contributed by atoms with E-state index in [0.717, 1.165) is 12.2 Å². The lowest BCUT2D eigenvalue weighted by atomic mass is 10.3. The Labute approximate surface area is 123 Å². The van der Waals surface area contributed by atoms with E-state index in [4.69, 9.17) is 4.74 Å². The molecule has 6 heteroatoms. The maximum Gasteiger partial charge on any atom is 0.204 e. The Balaban J connectivity index is 2.30. The van der Waals surface area contributed by atoms with Gasteiger partial charge < -0.3 is 15.4 Å². The van der Waals surface area contributed by atoms with Crippen LogP contribution in [0.15, 0.2) is 35.5 Å². The second-order valence-electron chi connectivity index (χ2n) is 3.99. The van der Waals surface area contributed by atoms with E-state index in [2.05, 4.69) is 32.7 Å². The van der Waals surface area contributed by atoms with Crippen LogP contribution in [0.5, 0.6) is 5.75 Å². The van der Waals surface area contributed by atoms with Crippen LogP contribution in [0.25, 0.3) is 0 Å². The minimum absolute atomic E-state index is 0.615. The zero-order valence-electron chi connectivity index (χ0n) is 11.8. The summed E-state index contributed by atoms with van der Waals surface area (Å²) in [6.45, 7) is 2.78. The molecule has 2 N–H and O–H groups in total. The van der Waals surface area contributed by atoms with Gasteiger partial charge >= 0.3 is 0 Å². The van der Waals surface area contributed by atoms with Crippen LogP contribution >= 0.6 is 11.8 Å². The Hall–Kier alpha value is -1.95. The van der Waals surface area contributed by atoms with Gasteiger partial charge in [-0.25, -0.2) is 9.97 Å². The monoisotopic (exact) mass is 290 g/mol. The van der Waals surface area contributed by atoms with Crippen molar-refractivity contribution in [2.24, 2.45) is 0 Å². The SMILES string of the molecule is CCNc1ncnc(Nc2cccc(SC)c2)c1OC. The molecule has 0 aliphatic heterocycles. The van der Waals surface area contributed by atoms with Crippen molar-refractivity contribution in [2.75, 3.05) is 30.5 Å². The Kier molecular flexibility index (Phi) is 5.06. The lowest BCUT2D eigenvalue weighted by molar-refractivity contribution is 0.415. The molecular weight excluding hydrogens is 272 g/mol. The van der Waals surface area contributed by atoms with Crippen LogP contribution in [0, 0.1) is 0 Å². The molecule has 1 heterocycles. The van der Waals surface area contributed by atoms with E-state index in [1.807, 2.05) is 25.3 Å². The third-order valence-electron chi connectivity index (χ3n) is 2.68. The van der Waals surface area contributed by atoms with Gasteiger partial charge in [-0.2, -0.15) is 0 Å². The van der Waals surface area contributed by atoms with Crippen LogP contribution in [-0.4, -0.2) is 29.9 Å². The van der Waals surface area contributed by atoms with Crippen LogP contribution in [0.3, 0.4) is 0 Å². The summed E-state index contributed by atoms with van der Waals surface area (Å²) >= 11 is 1.70. The number of hydrogen-bond donors (Lipinski definition) is 2. The molecule has 106 valence electrons. The van der Waals surface area contributed by atoms with Crippen LogP contribution in [0.2, 0.25) is 0 Å². The fraction of sp³-hybridized carbons (Fsp3) is 0.286. The number of thioether (sulfide) groups is 1. The van der Waals surface area contributed by atoms with Crippen LogP contribution in [-0.2, 0) is 0 Å². The number of methoxy groups -OCH3 is 1. The van der Waals surface area contributed by atoms with E-state index in [-0.39, 0.29) is 0 Å². The molecule has 2 rings (SSSR count). The molecular formula is C14H18N4OS. The van der Waals surface area contributed by atoms with Crippen LogP contribution in [0.4, 0.5) is 17.3 Å². The Morgan fingerprint density at radius 3 is 2.75 bits per heavy atom. The van der Waals surface area contributed by atoms with Gasteiger partial charge in [0.25, 0.3) is 0 Å². The summed E-state index contributed by atoms with van der Waals surface area (Å²) in [6.07, 6.45) is 3.56. The highest BCUT2D eigenvalue weighted by Gasteiger charge is 2.11. The molecule has 0 amide bonds. The van der Waals surface area contributed by atoms with E-state index < -0.39 is 0 Å². The van der Waals surface area contributed by atoms with Crippen molar-refractivity contribution in [2.45, 2.75) is 11.8 Å². The number of nitrogens with zero attached hydrogens (tertiary/aromatic N) is 2. The fourth-order valence-electron chi connectivity index (χ4n) is 1.79. The largest absolute Gasteiger partial charge is 0.490 e. The second kappa shape index (κ2) is 7.00. The highest BCUT2D eigenvalue weighted by molar-refractivity contribution is 7.98. The lowest BCUT2D eigenvalue weighted by Crippen LogP contribution is -2.05. The highest BCUT2D eigenvalue weighted by Crippen LogP contribution is 2.31. The van der Waals surface area contributed by atoms with Gasteiger partial charge in [-0.3, -0.25) is 0 Å². The summed E-state index contributed by atoms with van der Waals surface area (Å²) in [5.41, 5.74) is 0.969. The van der Waals surface area contributed by atoms with Gasteiger partial charge in [-0.05, 0) is 31.4 Å². The van der Waals surface area contributed by atoms with Gasteiger partial charge in [-0.1, -0.05) is 6.07 Å². The van der Waals surface area contributed by atoms with Gasteiger partial charge in [0.1, 0.15) is 6.33 Å². The van der Waals surface area contributed by atoms with Crippen molar-refractivity contribution < 1.29 is 4.74 Å². The lowest BCUT2D eigenvalue weighted by Gasteiger charge is -2.13. The molecule has 20 heavy (non-hydrogen) atoms. The van der Waals surface area contributed by atoms with E-state index in [1.54, 1.807) is 18.9 Å². The number of nitrogens with one attached hydrogen (secondary N) is 2. The van der Waals surface area contributed by atoms with E-state index in [1.165, 1.54) is 11.2 Å². The third-order valence-corrected chi connectivity index (χ3v) is 3.41. The predicted octanol–water partition coefficient (Wildman–Crippen LogP) is 3.38. The van der Waals surface area contributed by atoms with E-state index in [9.17, 15) is 0 Å². The Morgan fingerprint density at radius 1 is 1.25 bits per heavy atom. The van der Waals surface area contributed by atoms with Crippen molar-refractivity contribution in [1.29, 1.82) is 0 Å². The first-order chi connectivity index (χ1) is 9.78. The second-order valence-corrected chi connectivity index (χ2v) is 4.87.